The third-order valence-corrected chi connectivity index (χ3v) is 4.97. The highest BCUT2D eigenvalue weighted by Crippen LogP contribution is 2.56. The first-order valence-electron chi connectivity index (χ1n) is 5.01. The Morgan fingerprint density at radius 2 is 2.27 bits per heavy atom. The molecular formula is C8H13O5PS. The van der Waals surface area contributed by atoms with Gasteiger partial charge in [-0.25, -0.2) is 0 Å². The zero-order valence-corrected chi connectivity index (χ0v) is 9.95. The van der Waals surface area contributed by atoms with Crippen LogP contribution in [-0.4, -0.2) is 47.3 Å². The van der Waals surface area contributed by atoms with E-state index in [0.717, 1.165) is 5.75 Å². The molecular weight excluding hydrogens is 239 g/mol. The highest BCUT2D eigenvalue weighted by atomic mass is 32.2. The summed E-state index contributed by atoms with van der Waals surface area (Å²) in [7, 11) is -1.23. The summed E-state index contributed by atoms with van der Waals surface area (Å²) in [6.45, 7) is 2.56. The Labute approximate surface area is 93.4 Å². The summed E-state index contributed by atoms with van der Waals surface area (Å²) >= 11 is 1.60. The van der Waals surface area contributed by atoms with Crippen molar-refractivity contribution in [1.82, 2.24) is 0 Å². The van der Waals surface area contributed by atoms with Gasteiger partial charge in [0, 0.05) is 0 Å². The van der Waals surface area contributed by atoms with Crippen molar-refractivity contribution < 1.29 is 23.4 Å². The van der Waals surface area contributed by atoms with Gasteiger partial charge in [0.2, 0.25) is 0 Å². The quantitative estimate of drug-likeness (QED) is 0.736. The van der Waals surface area contributed by atoms with E-state index >= 15 is 0 Å². The Kier molecular flexibility index (Phi) is 2.94. The zero-order chi connectivity index (χ0) is 10.4. The number of aliphatic hydroxyl groups is 1. The number of rotatable bonds is 2. The molecule has 0 aliphatic carbocycles. The van der Waals surface area contributed by atoms with Crippen LogP contribution in [0, 0.1) is 0 Å². The van der Waals surface area contributed by atoms with Gasteiger partial charge in [-0.05, 0) is 5.75 Å². The van der Waals surface area contributed by atoms with Gasteiger partial charge >= 0.3 is 8.60 Å². The number of fused-ring (bicyclic) bond motifs is 4. The monoisotopic (exact) mass is 252 g/mol. The summed E-state index contributed by atoms with van der Waals surface area (Å²) in [6, 6.07) is 0. The molecule has 86 valence electrons. The zero-order valence-electron chi connectivity index (χ0n) is 8.24. The highest BCUT2D eigenvalue weighted by molar-refractivity contribution is 7.99. The second-order valence-electron chi connectivity index (χ2n) is 3.65. The molecule has 15 heavy (non-hydrogen) atoms. The first kappa shape index (κ1) is 10.7. The molecule has 1 unspecified atom stereocenters. The van der Waals surface area contributed by atoms with Gasteiger partial charge in [-0.2, -0.15) is 0 Å². The van der Waals surface area contributed by atoms with E-state index in [9.17, 15) is 5.11 Å². The van der Waals surface area contributed by atoms with Crippen molar-refractivity contribution in [1.29, 1.82) is 0 Å². The van der Waals surface area contributed by atoms with E-state index in [1.807, 2.05) is 6.92 Å². The number of thioether (sulfide) groups is 1. The van der Waals surface area contributed by atoms with Crippen molar-refractivity contribution in [2.45, 2.75) is 36.8 Å². The van der Waals surface area contributed by atoms with Crippen LogP contribution in [-0.2, 0) is 18.3 Å². The largest absolute Gasteiger partial charge is 0.387 e. The fraction of sp³-hybridized carbons (Fsp3) is 1.00. The van der Waals surface area contributed by atoms with Gasteiger partial charge in [0.25, 0.3) is 0 Å². The van der Waals surface area contributed by atoms with E-state index in [2.05, 4.69) is 0 Å². The third-order valence-electron chi connectivity index (χ3n) is 2.70. The second kappa shape index (κ2) is 4.11. The van der Waals surface area contributed by atoms with Crippen molar-refractivity contribution >= 4 is 20.4 Å². The average molecular weight is 252 g/mol. The van der Waals surface area contributed by atoms with Gasteiger partial charge in [0.05, 0.1) is 6.61 Å². The summed E-state index contributed by atoms with van der Waals surface area (Å²) in [5, 5.41) is 10.0. The van der Waals surface area contributed by atoms with Crippen LogP contribution >= 0.6 is 20.4 Å². The summed E-state index contributed by atoms with van der Waals surface area (Å²) in [5.74, 6) is 0.915. The van der Waals surface area contributed by atoms with E-state index in [0.29, 0.717) is 6.61 Å². The van der Waals surface area contributed by atoms with E-state index in [1.165, 1.54) is 0 Å². The molecule has 5 nitrogen and oxygen atoms in total. The van der Waals surface area contributed by atoms with Crippen molar-refractivity contribution in [2.75, 3.05) is 12.4 Å². The standard InChI is InChI=1S/C8H13O5PS/c1-2-15-8-5(9)7-6(11-8)4-3-10-14(12-4)13-7/h4-9H,2-3H2,1H3/t4-,5-,6-,7-,8-,14?/m1/s1. The van der Waals surface area contributed by atoms with Gasteiger partial charge in [-0.15, -0.1) is 11.8 Å². The normalized spacial score (nSPS) is 53.2. The smallest absolute Gasteiger partial charge is 0.333 e. The van der Waals surface area contributed by atoms with Crippen molar-refractivity contribution in [3.05, 3.63) is 0 Å². The first-order chi connectivity index (χ1) is 7.29. The maximum atomic E-state index is 10.0. The van der Waals surface area contributed by atoms with Crippen LogP contribution in [0.4, 0.5) is 0 Å². The van der Waals surface area contributed by atoms with Gasteiger partial charge in [0.1, 0.15) is 29.9 Å². The van der Waals surface area contributed by atoms with E-state index in [4.69, 9.17) is 18.3 Å². The predicted molar refractivity (Wildman–Crippen MR) is 55.4 cm³/mol. The maximum absolute atomic E-state index is 10.0. The molecule has 3 aliphatic heterocycles. The highest BCUT2D eigenvalue weighted by Gasteiger charge is 2.56. The first-order valence-corrected chi connectivity index (χ1v) is 7.15. The van der Waals surface area contributed by atoms with E-state index < -0.39 is 14.7 Å². The Hall–Kier alpha value is 0.580. The lowest BCUT2D eigenvalue weighted by atomic mass is 10.1. The van der Waals surface area contributed by atoms with Crippen molar-refractivity contribution in [2.24, 2.45) is 0 Å². The van der Waals surface area contributed by atoms with Gasteiger partial charge in [-0.1, -0.05) is 6.92 Å². The van der Waals surface area contributed by atoms with Crippen molar-refractivity contribution in [3.63, 3.8) is 0 Å². The van der Waals surface area contributed by atoms with E-state index in [1.54, 1.807) is 11.8 Å². The molecule has 0 radical (unpaired) electrons. The Morgan fingerprint density at radius 3 is 3.07 bits per heavy atom. The number of hydrogen-bond donors (Lipinski definition) is 1. The van der Waals surface area contributed by atoms with Crippen LogP contribution in [0.2, 0.25) is 0 Å². The molecule has 0 amide bonds. The lowest BCUT2D eigenvalue weighted by Gasteiger charge is -2.28. The van der Waals surface area contributed by atoms with Crippen LogP contribution in [0.25, 0.3) is 0 Å². The number of aliphatic hydroxyl groups excluding tert-OH is 1. The molecule has 3 rings (SSSR count). The lowest BCUT2D eigenvalue weighted by Crippen LogP contribution is -2.42. The van der Waals surface area contributed by atoms with E-state index in [-0.39, 0.29) is 23.7 Å². The molecule has 7 heteroatoms. The van der Waals surface area contributed by atoms with Gasteiger partial charge in [0.15, 0.2) is 0 Å². The molecule has 0 aromatic heterocycles. The lowest BCUT2D eigenvalue weighted by molar-refractivity contribution is -0.0496. The number of ether oxygens (including phenoxy) is 1. The summed E-state index contributed by atoms with van der Waals surface area (Å²) in [5.41, 5.74) is -0.191. The fourth-order valence-electron chi connectivity index (χ4n) is 2.00. The maximum Gasteiger partial charge on any atom is 0.333 e. The second-order valence-corrected chi connectivity index (χ2v) is 6.15. The summed E-state index contributed by atoms with van der Waals surface area (Å²) in [6.07, 6.45) is -1.09. The molecule has 0 saturated carbocycles. The van der Waals surface area contributed by atoms with Gasteiger partial charge in [-0.3, -0.25) is 0 Å². The molecule has 3 fully saturated rings. The molecule has 0 aromatic carbocycles. The molecule has 3 aliphatic rings. The Morgan fingerprint density at radius 1 is 1.40 bits per heavy atom. The molecule has 3 saturated heterocycles. The molecule has 3 heterocycles. The van der Waals surface area contributed by atoms with Crippen molar-refractivity contribution in [3.8, 4) is 0 Å². The number of hydrogen-bond acceptors (Lipinski definition) is 6. The van der Waals surface area contributed by atoms with Crippen LogP contribution in [0.3, 0.4) is 0 Å². The molecule has 1 N–H and O–H groups in total. The average Bonchev–Trinajstić information content (AvgIpc) is 2.75. The third kappa shape index (κ3) is 1.72. The Bertz CT molecular complexity index is 255. The molecule has 0 aromatic rings. The summed E-state index contributed by atoms with van der Waals surface area (Å²) in [4.78, 5) is 0. The minimum Gasteiger partial charge on any atom is -0.387 e. The molecule has 0 spiro atoms. The minimum atomic E-state index is -1.23. The molecule has 2 bridgehead atoms. The Balaban J connectivity index is 1.75. The van der Waals surface area contributed by atoms with Crippen LogP contribution in [0.5, 0.6) is 0 Å². The van der Waals surface area contributed by atoms with Crippen LogP contribution < -0.4 is 0 Å². The fourth-order valence-corrected chi connectivity index (χ4v) is 4.17. The van der Waals surface area contributed by atoms with Crippen LogP contribution in [0.1, 0.15) is 6.92 Å². The summed E-state index contributed by atoms with van der Waals surface area (Å²) < 4.78 is 22.0. The van der Waals surface area contributed by atoms with Crippen LogP contribution in [0.15, 0.2) is 0 Å². The molecule has 6 atom stereocenters. The minimum absolute atomic E-state index is 0.0630. The SMILES string of the molecule is CCS[C@H]1O[C@H]2[C@H](OP3OC[C@H]2O3)[C@H]1O. The van der Waals surface area contributed by atoms with Gasteiger partial charge < -0.3 is 23.4 Å². The predicted octanol–water partition coefficient (Wildman–Crippen LogP) is 0.866. The topological polar surface area (TPSA) is 57.2 Å².